The summed E-state index contributed by atoms with van der Waals surface area (Å²) in [6.07, 6.45) is 0. The first-order valence-electron chi connectivity index (χ1n) is 7.10. The van der Waals surface area contributed by atoms with E-state index >= 15 is 0 Å². The number of rotatable bonds is 10. The molecule has 0 spiro atoms. The van der Waals surface area contributed by atoms with Crippen LogP contribution in [-0.4, -0.2) is 44.1 Å². The second-order valence-corrected chi connectivity index (χ2v) is 5.72. The maximum Gasteiger partial charge on any atom is 0.472 e. The molecule has 0 aliphatic heterocycles. The van der Waals surface area contributed by atoms with E-state index in [4.69, 9.17) is 0 Å². The summed E-state index contributed by atoms with van der Waals surface area (Å²) in [6, 6.07) is 5.86. The number of para-hydroxylation sites is 2. The molecule has 0 amide bonds. The summed E-state index contributed by atoms with van der Waals surface area (Å²) >= 11 is 0. The summed E-state index contributed by atoms with van der Waals surface area (Å²) < 4.78 is 0. The Morgan fingerprint density at radius 1 is 0.731 bits per heavy atom. The maximum absolute atomic E-state index is 10.9. The molecule has 0 fully saturated rings. The van der Waals surface area contributed by atoms with Gasteiger partial charge < -0.3 is 10.6 Å². The summed E-state index contributed by atoms with van der Waals surface area (Å²) in [4.78, 5) is 39.5. The molecular weight excluding hydrogens is 356 g/mol. The molecule has 0 heterocycles. The van der Waals surface area contributed by atoms with Crippen LogP contribution in [0.4, 0.5) is 11.4 Å². The third-order valence-corrected chi connectivity index (χ3v) is 3.73. The van der Waals surface area contributed by atoms with Crippen LogP contribution in [0.15, 0.2) is 24.3 Å². The number of hydrogen-bond donors (Lipinski definition) is 2. The topological polar surface area (TPSA) is 197 Å². The third-order valence-electron chi connectivity index (χ3n) is 3.73. The highest BCUT2D eigenvalue weighted by atomic mass is 16.7. The molecule has 0 atom stereocenters. The Bertz CT molecular complexity index is 649. The maximum atomic E-state index is 10.9. The third kappa shape index (κ3) is 4.08. The van der Waals surface area contributed by atoms with Crippen LogP contribution >= 0.6 is 0 Å². The van der Waals surface area contributed by atoms with Crippen molar-refractivity contribution < 1.29 is 19.7 Å². The second kappa shape index (κ2) is 7.54. The predicted octanol–water partition coefficient (Wildman–Crippen LogP) is 1.05. The molecule has 0 aliphatic rings. The van der Waals surface area contributed by atoms with Crippen LogP contribution in [0.2, 0.25) is 0 Å². The fourth-order valence-corrected chi connectivity index (χ4v) is 1.71. The van der Waals surface area contributed by atoms with E-state index in [9.17, 15) is 40.5 Å². The van der Waals surface area contributed by atoms with Gasteiger partial charge in [0.15, 0.2) is 13.1 Å². The van der Waals surface area contributed by atoms with Crippen LogP contribution in [-0.2, 0) is 0 Å². The van der Waals surface area contributed by atoms with E-state index < -0.39 is 44.1 Å². The molecule has 1 rings (SSSR count). The summed E-state index contributed by atoms with van der Waals surface area (Å²) in [6.45, 7) is 0.306. The van der Waals surface area contributed by atoms with E-state index in [-0.39, 0.29) is 11.4 Å². The number of hydrogen-bond acceptors (Lipinski definition) is 10. The number of nitrogens with zero attached hydrogens (tertiary/aromatic N) is 4. The van der Waals surface area contributed by atoms with Gasteiger partial charge in [-0.25, -0.2) is 0 Å². The van der Waals surface area contributed by atoms with Crippen molar-refractivity contribution in [3.05, 3.63) is 64.7 Å². The number of anilines is 2. The Morgan fingerprint density at radius 2 is 1.00 bits per heavy atom. The van der Waals surface area contributed by atoms with Crippen molar-refractivity contribution in [2.45, 2.75) is 25.2 Å². The van der Waals surface area contributed by atoms with Crippen LogP contribution in [0.3, 0.4) is 0 Å². The highest BCUT2D eigenvalue weighted by Crippen LogP contribution is 2.24. The molecule has 0 bridgehead atoms. The SMILES string of the molecule is CC(CNc1ccccc1NCC(C)([N+](=O)[O-])[N+](=O)[O-])([N+](=O)[O-])[N+](=O)[O-]. The zero-order valence-electron chi connectivity index (χ0n) is 13.8. The first kappa shape index (κ1) is 20.5. The van der Waals surface area contributed by atoms with Gasteiger partial charge in [-0.2, -0.15) is 0 Å². The Kier molecular flexibility index (Phi) is 5.93. The quantitative estimate of drug-likeness (QED) is 0.340. The minimum absolute atomic E-state index is 0.163. The van der Waals surface area contributed by atoms with Gasteiger partial charge in [-0.1, -0.05) is 12.1 Å². The molecule has 2 N–H and O–H groups in total. The zero-order chi connectivity index (χ0) is 20.1. The monoisotopic (exact) mass is 372 g/mol. The van der Waals surface area contributed by atoms with Gasteiger partial charge in [0.1, 0.15) is 19.7 Å². The Morgan fingerprint density at radius 3 is 1.23 bits per heavy atom. The average Bonchev–Trinajstić information content (AvgIpc) is 2.57. The van der Waals surface area contributed by atoms with Crippen LogP contribution in [0, 0.1) is 40.5 Å². The summed E-state index contributed by atoms with van der Waals surface area (Å²) in [7, 11) is 0. The van der Waals surface area contributed by atoms with E-state index in [1.165, 1.54) is 24.3 Å². The average molecular weight is 372 g/mol. The fraction of sp³-hybridized carbons (Fsp3) is 0.500. The molecule has 0 saturated heterocycles. The van der Waals surface area contributed by atoms with Gasteiger partial charge in [0.05, 0.1) is 25.2 Å². The predicted molar refractivity (Wildman–Crippen MR) is 88.2 cm³/mol. The molecule has 1 aromatic carbocycles. The molecule has 14 nitrogen and oxygen atoms in total. The van der Waals surface area contributed by atoms with Crippen molar-refractivity contribution >= 4 is 11.4 Å². The fourth-order valence-electron chi connectivity index (χ4n) is 1.71. The van der Waals surface area contributed by atoms with Gasteiger partial charge in [0.25, 0.3) is 0 Å². The molecule has 14 heteroatoms. The van der Waals surface area contributed by atoms with Crippen LogP contribution in [0.5, 0.6) is 0 Å². The molecule has 142 valence electrons. The van der Waals surface area contributed by atoms with Crippen molar-refractivity contribution in [1.29, 1.82) is 0 Å². The van der Waals surface area contributed by atoms with E-state index in [0.717, 1.165) is 13.8 Å². The standard InChI is InChI=1S/C12H16N6O8/c1-11(15(19)20,16(21)22)7-13-9-5-3-4-6-10(9)14-8-12(2,17(23)24)18(25)26/h3-6,13-14H,7-8H2,1-2H3. The first-order chi connectivity index (χ1) is 11.9. The molecule has 1 aromatic rings. The van der Waals surface area contributed by atoms with Crippen LogP contribution in [0.25, 0.3) is 0 Å². The van der Waals surface area contributed by atoms with Gasteiger partial charge >= 0.3 is 11.3 Å². The van der Waals surface area contributed by atoms with Crippen molar-refractivity contribution in [2.24, 2.45) is 0 Å². The minimum atomic E-state index is -2.50. The first-order valence-corrected chi connectivity index (χ1v) is 7.10. The molecule has 26 heavy (non-hydrogen) atoms. The summed E-state index contributed by atoms with van der Waals surface area (Å²) in [5.74, 6) is 0. The Hall–Kier alpha value is -3.58. The Labute approximate surface area is 145 Å². The van der Waals surface area contributed by atoms with Crippen LogP contribution in [0.1, 0.15) is 13.8 Å². The van der Waals surface area contributed by atoms with E-state index in [1.54, 1.807) is 0 Å². The van der Waals surface area contributed by atoms with E-state index in [2.05, 4.69) is 10.6 Å². The number of nitrogens with one attached hydrogen (secondary N) is 2. The lowest BCUT2D eigenvalue weighted by molar-refractivity contribution is -0.787. The van der Waals surface area contributed by atoms with Gasteiger partial charge in [0.2, 0.25) is 0 Å². The molecule has 0 saturated carbocycles. The summed E-state index contributed by atoms with van der Waals surface area (Å²) in [5, 5.41) is 48.8. The van der Waals surface area contributed by atoms with E-state index in [0.29, 0.717) is 0 Å². The molecule has 0 unspecified atom stereocenters. The van der Waals surface area contributed by atoms with Crippen molar-refractivity contribution in [1.82, 2.24) is 0 Å². The Balaban J connectivity index is 2.99. The van der Waals surface area contributed by atoms with Crippen LogP contribution < -0.4 is 10.6 Å². The molecule has 0 aliphatic carbocycles. The highest BCUT2D eigenvalue weighted by Gasteiger charge is 2.51. The molecule has 0 radical (unpaired) electrons. The number of benzene rings is 1. The normalized spacial score (nSPS) is 11.5. The highest BCUT2D eigenvalue weighted by molar-refractivity contribution is 5.68. The van der Waals surface area contributed by atoms with Gasteiger partial charge in [-0.3, -0.25) is 40.5 Å². The van der Waals surface area contributed by atoms with Gasteiger partial charge in [-0.05, 0) is 12.1 Å². The largest absolute Gasteiger partial charge is 0.472 e. The molecule has 0 aromatic heterocycles. The number of nitro groups is 4. The second-order valence-electron chi connectivity index (χ2n) is 5.72. The molecular formula is C12H16N6O8. The lowest BCUT2D eigenvalue weighted by Crippen LogP contribution is -2.49. The van der Waals surface area contributed by atoms with Crippen molar-refractivity contribution in [3.63, 3.8) is 0 Å². The lowest BCUT2D eigenvalue weighted by atomic mass is 10.2. The van der Waals surface area contributed by atoms with Crippen molar-refractivity contribution in [3.8, 4) is 0 Å². The van der Waals surface area contributed by atoms with Crippen molar-refractivity contribution in [2.75, 3.05) is 23.7 Å². The zero-order valence-corrected chi connectivity index (χ0v) is 13.8. The smallest absolute Gasteiger partial charge is 0.370 e. The van der Waals surface area contributed by atoms with Gasteiger partial charge in [-0.15, -0.1) is 0 Å². The van der Waals surface area contributed by atoms with Gasteiger partial charge in [0, 0.05) is 0 Å². The summed E-state index contributed by atoms with van der Waals surface area (Å²) in [5.41, 5.74) is -4.67. The minimum Gasteiger partial charge on any atom is -0.370 e. The lowest BCUT2D eigenvalue weighted by Gasteiger charge is -2.18. The van der Waals surface area contributed by atoms with E-state index in [1.807, 2.05) is 0 Å².